The number of H-pyrrole nitrogens is 1. The van der Waals surface area contributed by atoms with Crippen LogP contribution in [-0.4, -0.2) is 196 Å². The second-order valence-corrected chi connectivity index (χ2v) is 25.2. The van der Waals surface area contributed by atoms with E-state index in [0.717, 1.165) is 54.0 Å². The van der Waals surface area contributed by atoms with Gasteiger partial charge in [-0.2, -0.15) is 10.2 Å². The van der Waals surface area contributed by atoms with Crippen molar-refractivity contribution in [1.82, 2.24) is 59.5 Å². The Morgan fingerprint density at radius 3 is 1.53 bits per heavy atom. The van der Waals surface area contributed by atoms with Crippen LogP contribution in [0.15, 0.2) is 158 Å². The highest BCUT2D eigenvalue weighted by Gasteiger charge is 2.31. The van der Waals surface area contributed by atoms with Gasteiger partial charge in [-0.05, 0) is 131 Å². The van der Waals surface area contributed by atoms with Crippen LogP contribution >= 0.6 is 0 Å². The largest absolute Gasteiger partial charge is 0.497 e. The molecule has 0 spiro atoms. The molecule has 4 aliphatic rings. The fourth-order valence-electron chi connectivity index (χ4n) is 11.6. The maximum absolute atomic E-state index is 13.0. The van der Waals surface area contributed by atoms with E-state index in [1.807, 2.05) is 119 Å². The van der Waals surface area contributed by atoms with E-state index in [9.17, 15) is 19.2 Å². The number of methoxy groups -OCH3 is 1. The van der Waals surface area contributed by atoms with Crippen LogP contribution in [0.25, 0.3) is 22.1 Å². The van der Waals surface area contributed by atoms with Crippen LogP contribution in [0.2, 0.25) is 0 Å². The summed E-state index contributed by atoms with van der Waals surface area (Å²) in [6.45, 7) is 4.53. The third kappa shape index (κ3) is 17.0. The summed E-state index contributed by atoms with van der Waals surface area (Å²) in [4.78, 5) is 81.5. The molecule has 2 saturated heterocycles. The standard InChI is InChI=1S/C40H45N9O4.C32H37N9O3/c1-46(2)31-17-20-41-35(24-31)44-40(51)28-9-15-33(16-10-28)53-34-18-21-42-39-37(34)38(45-49(39)25-27-7-13-32(52-4)14-8-27)43-29-19-23-48(26-29)36(50)6-5-22-47(3)30-11-12-30;1-39(2)24-12-15-33-27(19-24)36-32(43)21-6-10-25(11-7-21)44-26-13-16-34-30-29(26)31(38-37-30)35-22-14-18-41(20-22)28(42)5-4-17-40(3)23-8-9-23/h5-10,13-18,20-21,24,29-30H,11-12,19,22-23,25-26H2,1-4H3,(H,43,45)(H,41,44,51);4-7,10-13,15-16,19,22-23H,8-9,14,17-18,20H2,1-3H3,(H,33,36,43)(H2,34,35,37,38)/b6-5+;5-4+/t29-;22-/m11/s1. The molecule has 0 bridgehead atoms. The number of nitrogens with one attached hydrogen (secondary N) is 5. The van der Waals surface area contributed by atoms with Crippen molar-refractivity contribution in [1.29, 1.82) is 0 Å². The summed E-state index contributed by atoms with van der Waals surface area (Å²) >= 11 is 0. The Hall–Kier alpha value is -10.9. The second-order valence-electron chi connectivity index (χ2n) is 25.2. The highest BCUT2D eigenvalue weighted by Crippen LogP contribution is 2.37. The van der Waals surface area contributed by atoms with Crippen molar-refractivity contribution < 1.29 is 33.4 Å². The van der Waals surface area contributed by atoms with Crippen molar-refractivity contribution in [2.75, 3.05) is 120 Å². The van der Waals surface area contributed by atoms with Gasteiger partial charge in [-0.15, -0.1) is 0 Å². The molecule has 25 heteroatoms. The van der Waals surface area contributed by atoms with Crippen molar-refractivity contribution in [3.05, 3.63) is 175 Å². The van der Waals surface area contributed by atoms with Gasteiger partial charge in [0.25, 0.3) is 11.8 Å². The molecule has 0 unspecified atom stereocenters. The van der Waals surface area contributed by atoms with E-state index in [1.54, 1.807) is 98.6 Å². The average Bonchev–Trinajstić information content (AvgIpc) is 1.63. The molecule has 25 nitrogen and oxygen atoms in total. The maximum atomic E-state index is 13.0. The number of benzene rings is 3. The molecule has 0 radical (unpaired) electrons. The molecule has 8 heterocycles. The minimum Gasteiger partial charge on any atom is -0.497 e. The Morgan fingerprint density at radius 1 is 0.557 bits per heavy atom. The molecule has 2 saturated carbocycles. The van der Waals surface area contributed by atoms with Gasteiger partial charge >= 0.3 is 0 Å². The van der Waals surface area contributed by atoms with Crippen molar-refractivity contribution in [3.63, 3.8) is 0 Å². The summed E-state index contributed by atoms with van der Waals surface area (Å²) in [5.74, 6) is 4.72. The van der Waals surface area contributed by atoms with Gasteiger partial charge in [0.15, 0.2) is 22.9 Å². The number of hydrogen-bond donors (Lipinski definition) is 5. The second kappa shape index (κ2) is 30.2. The van der Waals surface area contributed by atoms with Crippen LogP contribution in [-0.2, 0) is 16.1 Å². The van der Waals surface area contributed by atoms with E-state index >= 15 is 0 Å². The van der Waals surface area contributed by atoms with Crippen molar-refractivity contribution >= 4 is 80.3 Å². The predicted molar refractivity (Wildman–Crippen MR) is 376 cm³/mol. The van der Waals surface area contributed by atoms with E-state index in [0.29, 0.717) is 119 Å². The zero-order valence-electron chi connectivity index (χ0n) is 55.7. The molecule has 502 valence electrons. The fourth-order valence-corrected chi connectivity index (χ4v) is 11.6. The van der Waals surface area contributed by atoms with Crippen molar-refractivity contribution in [3.8, 4) is 28.7 Å². The van der Waals surface area contributed by atoms with Crippen molar-refractivity contribution in [2.24, 2.45) is 0 Å². The Kier molecular flexibility index (Phi) is 20.6. The van der Waals surface area contributed by atoms with Crippen LogP contribution in [0.1, 0.15) is 64.8 Å². The van der Waals surface area contributed by atoms with Crippen LogP contribution in [0, 0.1) is 0 Å². The number of ether oxygens (including phenoxy) is 3. The fraction of sp³-hybridized carbons (Fsp3) is 0.333. The quantitative estimate of drug-likeness (QED) is 0.0333. The van der Waals surface area contributed by atoms with Crippen molar-refractivity contribution in [2.45, 2.75) is 69.2 Å². The Morgan fingerprint density at radius 2 is 1.03 bits per heavy atom. The zero-order valence-corrected chi connectivity index (χ0v) is 55.7. The van der Waals surface area contributed by atoms with E-state index in [1.165, 1.54) is 25.7 Å². The third-order valence-electron chi connectivity index (χ3n) is 17.5. The summed E-state index contributed by atoms with van der Waals surface area (Å²) in [6.07, 6.45) is 20.5. The van der Waals surface area contributed by atoms with Gasteiger partial charge in [0, 0.05) is 175 Å². The van der Waals surface area contributed by atoms with E-state index in [-0.39, 0.29) is 35.7 Å². The van der Waals surface area contributed by atoms with Gasteiger partial charge in [-0.3, -0.25) is 34.1 Å². The van der Waals surface area contributed by atoms with Crippen LogP contribution < -0.4 is 45.3 Å². The van der Waals surface area contributed by atoms with Crippen LogP contribution in [0.5, 0.6) is 28.7 Å². The molecule has 2 atom stereocenters. The minimum absolute atomic E-state index is 0.00668. The minimum atomic E-state index is -0.275. The maximum Gasteiger partial charge on any atom is 0.256 e. The Labute approximate surface area is 563 Å². The normalized spacial score (nSPS) is 16.1. The first kappa shape index (κ1) is 66.1. The number of fused-ring (bicyclic) bond motifs is 2. The smallest absolute Gasteiger partial charge is 0.256 e. The number of nitrogens with zero attached hydrogens (tertiary/aromatic N) is 13. The molecule has 9 aromatic rings. The first-order valence-electron chi connectivity index (χ1n) is 32.7. The molecular formula is C72H82N18O7. The van der Waals surface area contributed by atoms with Gasteiger partial charge in [-0.1, -0.05) is 24.3 Å². The number of likely N-dealkylation sites (tertiary alicyclic amines) is 2. The number of pyridine rings is 4. The van der Waals surface area contributed by atoms with Gasteiger partial charge in [0.2, 0.25) is 11.8 Å². The Balaban J connectivity index is 0.000000188. The lowest BCUT2D eigenvalue weighted by atomic mass is 10.2. The first-order valence-corrected chi connectivity index (χ1v) is 32.7. The number of anilines is 6. The molecule has 2 aliphatic carbocycles. The molecule has 2 aliphatic heterocycles. The van der Waals surface area contributed by atoms with Gasteiger partial charge in [0.05, 0.1) is 13.7 Å². The van der Waals surface area contributed by atoms with Crippen LogP contribution in [0.3, 0.4) is 0 Å². The topological polar surface area (TPSA) is 262 Å². The third-order valence-corrected chi connectivity index (χ3v) is 17.5. The lowest BCUT2D eigenvalue weighted by Gasteiger charge is -2.16. The Bertz CT molecular complexity index is 4300. The molecule has 97 heavy (non-hydrogen) atoms. The molecule has 4 amide bonds. The van der Waals surface area contributed by atoms with E-state index in [2.05, 4.69) is 70.3 Å². The van der Waals surface area contributed by atoms with E-state index < -0.39 is 0 Å². The summed E-state index contributed by atoms with van der Waals surface area (Å²) in [5.41, 5.74) is 5.08. The summed E-state index contributed by atoms with van der Waals surface area (Å²) in [6, 6.07) is 34.0. The first-order chi connectivity index (χ1) is 47.1. The molecule has 3 aromatic carbocycles. The number of rotatable bonds is 25. The highest BCUT2D eigenvalue weighted by atomic mass is 16.5. The molecule has 6 aromatic heterocycles. The zero-order chi connectivity index (χ0) is 67.5. The lowest BCUT2D eigenvalue weighted by Crippen LogP contribution is -2.30. The SMILES string of the molecule is CN(C)c1ccnc(NC(=O)c2ccc(Oc3ccnc4[nH]nc(N[C@@H]5CCN(C(=O)/C=C/CN(C)C6CC6)C5)c34)cc2)c1.COc1ccc(Cn2nc(N[C@@H]3CCN(C(=O)/C=C/CN(C)C4CC4)C3)c3c(Oc4ccc(C(=O)Nc5cc(N(C)C)ccn5)cc4)ccnc32)cc1. The number of aromatic nitrogens is 8. The summed E-state index contributed by atoms with van der Waals surface area (Å²) in [7, 11) is 13.6. The number of carbonyl (C=O) groups excluding carboxylic acids is 4. The highest BCUT2D eigenvalue weighted by molar-refractivity contribution is 6.05. The number of aromatic amines is 1. The number of amides is 4. The summed E-state index contributed by atoms with van der Waals surface area (Å²) < 4.78 is 19.9. The summed E-state index contributed by atoms with van der Waals surface area (Å²) in [5, 5.41) is 26.7. The lowest BCUT2D eigenvalue weighted by molar-refractivity contribution is -0.125. The molecule has 13 rings (SSSR count). The molecule has 5 N–H and O–H groups in total. The number of hydrogen-bond acceptors (Lipinski definition) is 19. The molecular weight excluding hydrogens is 1230 g/mol. The average molecular weight is 1310 g/mol. The van der Waals surface area contributed by atoms with Gasteiger partial charge in [0.1, 0.15) is 51.2 Å². The number of likely N-dealkylation sites (N-methyl/N-ethyl adjacent to an activating group) is 2. The van der Waals surface area contributed by atoms with Gasteiger partial charge < -0.3 is 55.1 Å². The number of carbonyl (C=O) groups is 4. The van der Waals surface area contributed by atoms with Gasteiger partial charge in [-0.25, -0.2) is 24.6 Å². The monoisotopic (exact) mass is 1310 g/mol. The molecule has 4 fully saturated rings. The van der Waals surface area contributed by atoms with Crippen LogP contribution in [0.4, 0.5) is 34.6 Å². The predicted octanol–water partition coefficient (Wildman–Crippen LogP) is 9.78. The van der Waals surface area contributed by atoms with E-state index in [4.69, 9.17) is 24.3 Å².